The van der Waals surface area contributed by atoms with Gasteiger partial charge in [-0.15, -0.1) is 0 Å². The van der Waals surface area contributed by atoms with E-state index < -0.39 is 10.5 Å². The number of benzene rings is 1. The van der Waals surface area contributed by atoms with Gasteiger partial charge in [-0.1, -0.05) is 17.7 Å². The van der Waals surface area contributed by atoms with Crippen molar-refractivity contribution < 1.29 is 9.66 Å². The topological polar surface area (TPSA) is 102 Å². The summed E-state index contributed by atoms with van der Waals surface area (Å²) in [6.07, 6.45) is 0.242. The van der Waals surface area contributed by atoms with Crippen molar-refractivity contribution in [1.29, 1.82) is 5.26 Å². The molecule has 0 aliphatic carbocycles. The molecular formula is C11H12ClN3O3. The highest BCUT2D eigenvalue weighted by Gasteiger charge is 2.21. The van der Waals surface area contributed by atoms with Crippen molar-refractivity contribution in [3.05, 3.63) is 33.3 Å². The van der Waals surface area contributed by atoms with Crippen LogP contribution in [0.2, 0.25) is 5.02 Å². The van der Waals surface area contributed by atoms with Crippen LogP contribution in [0.5, 0.6) is 5.75 Å². The van der Waals surface area contributed by atoms with Gasteiger partial charge in [0.1, 0.15) is 5.54 Å². The molecule has 0 aliphatic heterocycles. The summed E-state index contributed by atoms with van der Waals surface area (Å²) in [6, 6.07) is 6.17. The molecule has 96 valence electrons. The number of ether oxygens (including phenoxy) is 1. The molecule has 0 bridgehead atoms. The average Bonchev–Trinajstić information content (AvgIpc) is 2.30. The predicted molar refractivity (Wildman–Crippen MR) is 66.4 cm³/mol. The zero-order chi connectivity index (χ0) is 13.8. The first-order chi connectivity index (χ1) is 8.37. The van der Waals surface area contributed by atoms with E-state index in [1.165, 1.54) is 18.2 Å². The molecule has 0 amide bonds. The van der Waals surface area contributed by atoms with Gasteiger partial charge in [0.2, 0.25) is 5.75 Å². The third kappa shape index (κ3) is 3.58. The fraction of sp³-hybridized carbons (Fsp3) is 0.364. The van der Waals surface area contributed by atoms with Crippen LogP contribution in [0.4, 0.5) is 5.69 Å². The highest BCUT2D eigenvalue weighted by atomic mass is 35.5. The fourth-order valence-electron chi connectivity index (χ4n) is 1.21. The molecule has 18 heavy (non-hydrogen) atoms. The lowest BCUT2D eigenvalue weighted by Crippen LogP contribution is -2.35. The molecule has 6 nitrogen and oxygen atoms in total. The fourth-order valence-corrected chi connectivity index (χ4v) is 1.43. The van der Waals surface area contributed by atoms with Crippen LogP contribution in [-0.2, 0) is 0 Å². The number of nitro benzene ring substituents is 1. The molecule has 0 radical (unpaired) electrons. The van der Waals surface area contributed by atoms with Crippen molar-refractivity contribution in [3.8, 4) is 11.8 Å². The van der Waals surface area contributed by atoms with Crippen molar-refractivity contribution in [2.45, 2.75) is 18.9 Å². The number of para-hydroxylation sites is 1. The minimum atomic E-state index is -1.03. The molecule has 0 heterocycles. The van der Waals surface area contributed by atoms with Crippen LogP contribution in [0, 0.1) is 21.4 Å². The summed E-state index contributed by atoms with van der Waals surface area (Å²) in [5.41, 5.74) is 4.37. The maximum absolute atomic E-state index is 10.8. The van der Waals surface area contributed by atoms with E-state index in [0.717, 1.165) is 0 Å². The molecule has 0 saturated heterocycles. The molecule has 1 rings (SSSR count). The zero-order valence-electron chi connectivity index (χ0n) is 9.72. The van der Waals surface area contributed by atoms with Gasteiger partial charge in [0, 0.05) is 12.5 Å². The molecule has 7 heteroatoms. The normalized spacial score (nSPS) is 13.4. The number of hydrogen-bond acceptors (Lipinski definition) is 5. The van der Waals surface area contributed by atoms with Crippen LogP contribution in [-0.4, -0.2) is 17.1 Å². The van der Waals surface area contributed by atoms with Gasteiger partial charge in [-0.05, 0) is 13.0 Å². The molecule has 0 aliphatic rings. The number of nitro groups is 1. The quantitative estimate of drug-likeness (QED) is 0.652. The molecule has 2 N–H and O–H groups in total. The minimum absolute atomic E-state index is 0.00194. The smallest absolute Gasteiger partial charge is 0.312 e. The van der Waals surface area contributed by atoms with E-state index in [4.69, 9.17) is 27.3 Å². The highest BCUT2D eigenvalue weighted by Crippen LogP contribution is 2.34. The van der Waals surface area contributed by atoms with Gasteiger partial charge in [0.25, 0.3) is 0 Å². The largest absolute Gasteiger partial charge is 0.486 e. The summed E-state index contributed by atoms with van der Waals surface area (Å²) < 4.78 is 5.26. The molecule has 0 aromatic heterocycles. The standard InChI is InChI=1S/C11H12ClN3O3/c1-11(14,7-13)5-6-18-10-8(12)3-2-4-9(10)15(16)17/h2-4H,5-6,14H2,1H3. The summed E-state index contributed by atoms with van der Waals surface area (Å²) >= 11 is 5.83. The Morgan fingerprint density at radius 2 is 2.33 bits per heavy atom. The van der Waals surface area contributed by atoms with Crippen LogP contribution < -0.4 is 10.5 Å². The summed E-state index contributed by atoms with van der Waals surface area (Å²) in [5.74, 6) is -0.00194. The van der Waals surface area contributed by atoms with E-state index in [-0.39, 0.29) is 29.5 Å². The van der Waals surface area contributed by atoms with Crippen molar-refractivity contribution in [2.75, 3.05) is 6.61 Å². The third-order valence-corrected chi connectivity index (χ3v) is 2.56. The molecule has 1 aromatic carbocycles. The van der Waals surface area contributed by atoms with Crippen molar-refractivity contribution in [2.24, 2.45) is 5.73 Å². The molecular weight excluding hydrogens is 258 g/mol. The number of rotatable bonds is 5. The zero-order valence-corrected chi connectivity index (χ0v) is 10.5. The lowest BCUT2D eigenvalue weighted by Gasteiger charge is -2.15. The van der Waals surface area contributed by atoms with E-state index in [1.54, 1.807) is 6.92 Å². The van der Waals surface area contributed by atoms with Crippen molar-refractivity contribution in [3.63, 3.8) is 0 Å². The first kappa shape index (κ1) is 14.2. The number of hydrogen-bond donors (Lipinski definition) is 1. The summed E-state index contributed by atoms with van der Waals surface area (Å²) in [6.45, 7) is 1.63. The van der Waals surface area contributed by atoms with E-state index in [2.05, 4.69) is 0 Å². The molecule has 0 fully saturated rings. The Bertz CT molecular complexity index is 497. The van der Waals surface area contributed by atoms with E-state index in [0.29, 0.717) is 0 Å². The van der Waals surface area contributed by atoms with E-state index in [9.17, 15) is 10.1 Å². The number of nitrogens with two attached hydrogens (primary N) is 1. The second-order valence-corrected chi connectivity index (χ2v) is 4.38. The Hall–Kier alpha value is -1.84. The second kappa shape index (κ2) is 5.67. The highest BCUT2D eigenvalue weighted by molar-refractivity contribution is 6.32. The maximum Gasteiger partial charge on any atom is 0.312 e. The Balaban J connectivity index is 2.80. The van der Waals surface area contributed by atoms with Gasteiger partial charge < -0.3 is 10.5 Å². The number of halogens is 1. The van der Waals surface area contributed by atoms with Crippen LogP contribution in [0.25, 0.3) is 0 Å². The molecule has 1 unspecified atom stereocenters. The first-order valence-corrected chi connectivity index (χ1v) is 5.51. The molecule has 0 saturated carbocycles. The lowest BCUT2D eigenvalue weighted by molar-refractivity contribution is -0.385. The van der Waals surface area contributed by atoms with Gasteiger partial charge in [-0.25, -0.2) is 0 Å². The van der Waals surface area contributed by atoms with Gasteiger partial charge in [-0.2, -0.15) is 5.26 Å². The minimum Gasteiger partial charge on any atom is -0.486 e. The number of nitriles is 1. The van der Waals surface area contributed by atoms with Crippen LogP contribution >= 0.6 is 11.6 Å². The Morgan fingerprint density at radius 3 is 2.89 bits per heavy atom. The van der Waals surface area contributed by atoms with Gasteiger partial charge in [0.15, 0.2) is 0 Å². The average molecular weight is 270 g/mol. The van der Waals surface area contributed by atoms with E-state index >= 15 is 0 Å². The predicted octanol–water partition coefficient (Wildman–Crippen LogP) is 2.26. The summed E-state index contributed by atoms with van der Waals surface area (Å²) in [4.78, 5) is 10.2. The van der Waals surface area contributed by atoms with Crippen molar-refractivity contribution in [1.82, 2.24) is 0 Å². The van der Waals surface area contributed by atoms with Gasteiger partial charge in [0.05, 0.1) is 22.6 Å². The first-order valence-electron chi connectivity index (χ1n) is 5.13. The van der Waals surface area contributed by atoms with E-state index in [1.807, 2.05) is 6.07 Å². The van der Waals surface area contributed by atoms with Crippen LogP contribution in [0.1, 0.15) is 13.3 Å². The van der Waals surface area contributed by atoms with Gasteiger partial charge in [-0.3, -0.25) is 10.1 Å². The Kier molecular flexibility index (Phi) is 4.48. The Labute approximate surface area is 109 Å². The molecule has 1 atom stereocenters. The molecule has 1 aromatic rings. The molecule has 0 spiro atoms. The van der Waals surface area contributed by atoms with Gasteiger partial charge >= 0.3 is 5.69 Å². The number of nitrogens with zero attached hydrogens (tertiary/aromatic N) is 2. The maximum atomic E-state index is 10.8. The Morgan fingerprint density at radius 1 is 1.67 bits per heavy atom. The monoisotopic (exact) mass is 269 g/mol. The van der Waals surface area contributed by atoms with Crippen molar-refractivity contribution >= 4 is 17.3 Å². The van der Waals surface area contributed by atoms with Crippen LogP contribution in [0.15, 0.2) is 18.2 Å². The summed E-state index contributed by atoms with van der Waals surface area (Å²) in [5, 5.41) is 19.7. The second-order valence-electron chi connectivity index (χ2n) is 3.97. The third-order valence-electron chi connectivity index (χ3n) is 2.27. The van der Waals surface area contributed by atoms with Crippen LogP contribution in [0.3, 0.4) is 0 Å². The lowest BCUT2D eigenvalue weighted by atomic mass is 10.0. The SMILES string of the molecule is CC(N)(C#N)CCOc1c(Cl)cccc1[N+](=O)[O-]. The summed E-state index contributed by atoms with van der Waals surface area (Å²) in [7, 11) is 0.